The quantitative estimate of drug-likeness (QED) is 0.790. The lowest BCUT2D eigenvalue weighted by Crippen LogP contribution is -2.50. The summed E-state index contributed by atoms with van der Waals surface area (Å²) in [5, 5.41) is 0. The van der Waals surface area contributed by atoms with Gasteiger partial charge in [0.05, 0.1) is 5.69 Å². The highest BCUT2D eigenvalue weighted by atomic mass is 16.6. The number of benzene rings is 1. The zero-order valence-corrected chi connectivity index (χ0v) is 14.9. The molecule has 0 bridgehead atoms. The molecule has 24 heavy (non-hydrogen) atoms. The van der Waals surface area contributed by atoms with Crippen molar-refractivity contribution in [1.82, 2.24) is 4.90 Å². The van der Waals surface area contributed by atoms with Gasteiger partial charge in [0.1, 0.15) is 18.3 Å². The third kappa shape index (κ3) is 3.68. The summed E-state index contributed by atoms with van der Waals surface area (Å²) in [6.07, 6.45) is -0.178. The lowest BCUT2D eigenvalue weighted by Gasteiger charge is -2.38. The van der Waals surface area contributed by atoms with Crippen LogP contribution < -0.4 is 14.4 Å². The maximum Gasteiger partial charge on any atom is 0.410 e. The van der Waals surface area contributed by atoms with E-state index in [2.05, 4.69) is 4.90 Å². The SMILES string of the molecule is C[C@@H]1COc2c(cccc2N2CCN(C(=O)OC(C)(C)C)CC2)O1. The highest BCUT2D eigenvalue weighted by Gasteiger charge is 2.28. The van der Waals surface area contributed by atoms with Crippen LogP contribution in [0.5, 0.6) is 11.5 Å². The van der Waals surface area contributed by atoms with Crippen LogP contribution in [-0.2, 0) is 4.74 Å². The van der Waals surface area contributed by atoms with Crippen molar-refractivity contribution >= 4 is 11.8 Å². The van der Waals surface area contributed by atoms with Gasteiger partial charge in [-0.1, -0.05) is 6.07 Å². The second kappa shape index (κ2) is 6.42. The van der Waals surface area contributed by atoms with Crippen molar-refractivity contribution in [1.29, 1.82) is 0 Å². The molecule has 1 aromatic rings. The minimum absolute atomic E-state index is 0.0664. The van der Waals surface area contributed by atoms with Crippen LogP contribution >= 0.6 is 0 Å². The monoisotopic (exact) mass is 334 g/mol. The van der Waals surface area contributed by atoms with Gasteiger partial charge in [0.2, 0.25) is 0 Å². The summed E-state index contributed by atoms with van der Waals surface area (Å²) in [5.41, 5.74) is 0.567. The Bertz CT molecular complexity index is 604. The van der Waals surface area contributed by atoms with Crippen LogP contribution in [-0.4, -0.2) is 55.5 Å². The van der Waals surface area contributed by atoms with Gasteiger partial charge in [0.25, 0.3) is 0 Å². The number of amides is 1. The van der Waals surface area contributed by atoms with Gasteiger partial charge >= 0.3 is 6.09 Å². The fourth-order valence-corrected chi connectivity index (χ4v) is 2.90. The van der Waals surface area contributed by atoms with Crippen molar-refractivity contribution in [2.24, 2.45) is 0 Å². The molecule has 2 aliphatic heterocycles. The molecule has 0 spiro atoms. The fourth-order valence-electron chi connectivity index (χ4n) is 2.90. The Balaban J connectivity index is 1.65. The number of hydrogen-bond acceptors (Lipinski definition) is 5. The van der Waals surface area contributed by atoms with Crippen molar-refractivity contribution in [2.75, 3.05) is 37.7 Å². The van der Waals surface area contributed by atoms with Crippen molar-refractivity contribution in [2.45, 2.75) is 39.4 Å². The minimum atomic E-state index is -0.464. The number of anilines is 1. The van der Waals surface area contributed by atoms with E-state index in [1.165, 1.54) is 0 Å². The van der Waals surface area contributed by atoms with E-state index in [0.29, 0.717) is 19.7 Å². The standard InChI is InChI=1S/C18H26N2O4/c1-13-12-22-16-14(6-5-7-15(16)23-13)19-8-10-20(11-9-19)17(21)24-18(2,3)4/h5-7,13H,8-12H2,1-4H3/t13-/m1/s1. The third-order valence-electron chi connectivity index (χ3n) is 4.02. The van der Waals surface area contributed by atoms with Gasteiger partial charge in [-0.25, -0.2) is 4.79 Å². The van der Waals surface area contributed by atoms with Gasteiger partial charge in [-0.3, -0.25) is 0 Å². The highest BCUT2D eigenvalue weighted by molar-refractivity contribution is 5.70. The molecule has 2 heterocycles. The summed E-state index contributed by atoms with van der Waals surface area (Å²) in [7, 11) is 0. The molecule has 1 amide bonds. The molecule has 2 aliphatic rings. The van der Waals surface area contributed by atoms with Crippen molar-refractivity contribution in [3.8, 4) is 11.5 Å². The van der Waals surface area contributed by atoms with Crippen LogP contribution in [0.15, 0.2) is 18.2 Å². The number of hydrogen-bond donors (Lipinski definition) is 0. The zero-order valence-electron chi connectivity index (χ0n) is 14.9. The van der Waals surface area contributed by atoms with E-state index in [1.807, 2.05) is 45.9 Å². The van der Waals surface area contributed by atoms with Crippen LogP contribution in [0.25, 0.3) is 0 Å². The Kier molecular flexibility index (Phi) is 4.47. The molecule has 0 N–H and O–H groups in total. The van der Waals surface area contributed by atoms with Crippen LogP contribution in [0.2, 0.25) is 0 Å². The Morgan fingerprint density at radius 1 is 1.21 bits per heavy atom. The second-order valence-electron chi connectivity index (χ2n) is 7.30. The number of nitrogens with zero attached hydrogens (tertiary/aromatic N) is 2. The van der Waals surface area contributed by atoms with Crippen molar-refractivity contribution in [3.63, 3.8) is 0 Å². The average Bonchev–Trinajstić information content (AvgIpc) is 2.52. The van der Waals surface area contributed by atoms with E-state index in [1.54, 1.807) is 4.90 Å². The average molecular weight is 334 g/mol. The Morgan fingerprint density at radius 3 is 2.58 bits per heavy atom. The first-order valence-corrected chi connectivity index (χ1v) is 8.49. The number of fused-ring (bicyclic) bond motifs is 1. The van der Waals surface area contributed by atoms with E-state index in [9.17, 15) is 4.79 Å². The molecule has 0 radical (unpaired) electrons. The Hall–Kier alpha value is -2.11. The lowest BCUT2D eigenvalue weighted by molar-refractivity contribution is 0.0240. The van der Waals surface area contributed by atoms with Crippen LogP contribution in [0, 0.1) is 0 Å². The summed E-state index contributed by atoms with van der Waals surface area (Å²) < 4.78 is 17.2. The molecule has 6 nitrogen and oxygen atoms in total. The maximum absolute atomic E-state index is 12.2. The Labute approximate surface area is 143 Å². The largest absolute Gasteiger partial charge is 0.484 e. The van der Waals surface area contributed by atoms with Crippen molar-refractivity contribution < 1.29 is 19.0 Å². The van der Waals surface area contributed by atoms with Gasteiger partial charge in [-0.05, 0) is 39.8 Å². The summed E-state index contributed by atoms with van der Waals surface area (Å²) >= 11 is 0. The van der Waals surface area contributed by atoms with E-state index >= 15 is 0 Å². The Morgan fingerprint density at radius 2 is 1.92 bits per heavy atom. The maximum atomic E-state index is 12.2. The summed E-state index contributed by atoms with van der Waals surface area (Å²) in [5.74, 6) is 1.60. The van der Waals surface area contributed by atoms with Gasteiger partial charge in [-0.15, -0.1) is 0 Å². The van der Waals surface area contributed by atoms with Crippen molar-refractivity contribution in [3.05, 3.63) is 18.2 Å². The number of carbonyl (C=O) groups excluding carboxylic acids is 1. The highest BCUT2D eigenvalue weighted by Crippen LogP contribution is 2.40. The summed E-state index contributed by atoms with van der Waals surface area (Å²) in [6.45, 7) is 11.0. The molecule has 1 atom stereocenters. The van der Waals surface area contributed by atoms with Gasteiger partial charge < -0.3 is 24.0 Å². The van der Waals surface area contributed by atoms with Gasteiger partial charge in [0.15, 0.2) is 11.5 Å². The smallest absolute Gasteiger partial charge is 0.410 e. The van der Waals surface area contributed by atoms with Gasteiger partial charge in [-0.2, -0.15) is 0 Å². The number of rotatable bonds is 1. The van der Waals surface area contributed by atoms with Crippen LogP contribution in [0.4, 0.5) is 10.5 Å². The molecule has 132 valence electrons. The number of piperazine rings is 1. The molecule has 1 fully saturated rings. The molecular weight excluding hydrogens is 308 g/mol. The fraction of sp³-hybridized carbons (Fsp3) is 0.611. The zero-order chi connectivity index (χ0) is 17.3. The van der Waals surface area contributed by atoms with Gasteiger partial charge in [0, 0.05) is 26.2 Å². The molecule has 6 heteroatoms. The third-order valence-corrected chi connectivity index (χ3v) is 4.02. The first-order chi connectivity index (χ1) is 11.3. The lowest BCUT2D eigenvalue weighted by atomic mass is 10.2. The molecule has 1 aromatic carbocycles. The minimum Gasteiger partial charge on any atom is -0.484 e. The number of para-hydroxylation sites is 1. The second-order valence-corrected chi connectivity index (χ2v) is 7.30. The molecule has 0 aliphatic carbocycles. The van der Waals surface area contributed by atoms with Crippen LogP contribution in [0.1, 0.15) is 27.7 Å². The predicted octanol–water partition coefficient (Wildman–Crippen LogP) is 2.90. The van der Waals surface area contributed by atoms with E-state index < -0.39 is 5.60 Å². The molecule has 3 rings (SSSR count). The van der Waals surface area contributed by atoms with E-state index in [0.717, 1.165) is 30.3 Å². The topological polar surface area (TPSA) is 51.2 Å². The molecule has 1 saturated heterocycles. The van der Waals surface area contributed by atoms with E-state index in [-0.39, 0.29) is 12.2 Å². The number of carbonyl (C=O) groups is 1. The predicted molar refractivity (Wildman–Crippen MR) is 92.0 cm³/mol. The van der Waals surface area contributed by atoms with E-state index in [4.69, 9.17) is 14.2 Å². The normalized spacial score (nSPS) is 20.8. The molecule has 0 aromatic heterocycles. The first-order valence-electron chi connectivity index (χ1n) is 8.49. The first kappa shape index (κ1) is 16.7. The van der Waals surface area contributed by atoms with Crippen LogP contribution in [0.3, 0.4) is 0 Å². The summed E-state index contributed by atoms with van der Waals surface area (Å²) in [4.78, 5) is 16.2. The summed E-state index contributed by atoms with van der Waals surface area (Å²) in [6, 6.07) is 5.96. The number of ether oxygens (including phenoxy) is 3. The molecule has 0 unspecified atom stereocenters. The molecule has 0 saturated carbocycles. The molecular formula is C18H26N2O4.